The third-order valence-electron chi connectivity index (χ3n) is 5.80. The lowest BCUT2D eigenvalue weighted by Crippen LogP contribution is -2.40. The van der Waals surface area contributed by atoms with E-state index in [1.165, 1.54) is 0 Å². The van der Waals surface area contributed by atoms with Crippen LogP contribution in [0.2, 0.25) is 0 Å². The minimum atomic E-state index is -0.190. The van der Waals surface area contributed by atoms with Gasteiger partial charge in [-0.15, -0.1) is 6.42 Å². The summed E-state index contributed by atoms with van der Waals surface area (Å²) in [6, 6.07) is 9.17. The molecule has 0 N–H and O–H groups in total. The van der Waals surface area contributed by atoms with E-state index < -0.39 is 0 Å². The zero-order chi connectivity index (χ0) is 18.8. The van der Waals surface area contributed by atoms with E-state index in [2.05, 4.69) is 24.8 Å². The van der Waals surface area contributed by atoms with Crippen LogP contribution >= 0.6 is 0 Å². The number of amides is 1. The molecule has 1 saturated heterocycles. The average Bonchev–Trinajstić information content (AvgIpc) is 2.88. The van der Waals surface area contributed by atoms with Gasteiger partial charge < -0.3 is 4.90 Å². The molecule has 1 aromatic heterocycles. The van der Waals surface area contributed by atoms with Crippen molar-refractivity contribution in [2.24, 2.45) is 11.8 Å². The molecule has 4 unspecified atom stereocenters. The van der Waals surface area contributed by atoms with Crippen molar-refractivity contribution in [3.8, 4) is 12.3 Å². The molecule has 0 spiro atoms. The van der Waals surface area contributed by atoms with E-state index >= 15 is 0 Å². The lowest BCUT2D eigenvalue weighted by Gasteiger charge is -2.26. The third-order valence-corrected chi connectivity index (χ3v) is 5.80. The molecular weight excluding hydrogens is 324 g/mol. The maximum absolute atomic E-state index is 12.8. The van der Waals surface area contributed by atoms with E-state index in [9.17, 15) is 9.59 Å². The Morgan fingerprint density at radius 1 is 1.12 bits per heavy atom. The monoisotopic (exact) mass is 348 g/mol. The second kappa shape index (κ2) is 7.29. The Bertz CT molecular complexity index is 878. The van der Waals surface area contributed by atoms with Gasteiger partial charge in [-0.3, -0.25) is 14.6 Å². The van der Waals surface area contributed by atoms with Crippen LogP contribution in [0, 0.1) is 24.2 Å². The number of ketones is 1. The summed E-state index contributed by atoms with van der Waals surface area (Å²) in [5, 5.41) is 0.825. The molecule has 1 aliphatic heterocycles. The molecule has 2 aromatic rings. The number of fused-ring (bicyclic) bond motifs is 1. The van der Waals surface area contributed by atoms with Crippen molar-refractivity contribution in [3.63, 3.8) is 0 Å². The first-order chi connectivity index (χ1) is 12.5. The van der Waals surface area contributed by atoms with Crippen molar-refractivity contribution in [1.82, 2.24) is 9.88 Å². The summed E-state index contributed by atoms with van der Waals surface area (Å²) < 4.78 is 0. The summed E-state index contributed by atoms with van der Waals surface area (Å²) in [6.07, 6.45) is 7.66. The van der Waals surface area contributed by atoms with Gasteiger partial charge in [0.05, 0.1) is 11.6 Å². The molecule has 4 nitrogen and oxygen atoms in total. The molecule has 26 heavy (non-hydrogen) atoms. The molecule has 1 amide bonds. The van der Waals surface area contributed by atoms with Crippen LogP contribution in [0.3, 0.4) is 0 Å². The molecule has 0 radical (unpaired) electrons. The van der Waals surface area contributed by atoms with E-state index in [-0.39, 0.29) is 42.5 Å². The smallest absolute Gasteiger partial charge is 0.224 e. The first-order valence-electron chi connectivity index (χ1n) is 9.10. The highest BCUT2D eigenvalue weighted by Crippen LogP contribution is 2.35. The quantitative estimate of drug-likeness (QED) is 0.625. The minimum Gasteiger partial charge on any atom is -0.326 e. The van der Waals surface area contributed by atoms with Crippen molar-refractivity contribution in [1.29, 1.82) is 0 Å². The van der Waals surface area contributed by atoms with Gasteiger partial charge in [0, 0.05) is 36.0 Å². The van der Waals surface area contributed by atoms with Crippen LogP contribution < -0.4 is 0 Å². The Morgan fingerprint density at radius 3 is 2.58 bits per heavy atom. The molecule has 3 rings (SSSR count). The molecule has 0 aliphatic carbocycles. The third kappa shape index (κ3) is 3.10. The van der Waals surface area contributed by atoms with Crippen molar-refractivity contribution in [2.75, 3.05) is 0 Å². The lowest BCUT2D eigenvalue weighted by molar-refractivity contribution is -0.133. The molecule has 0 saturated carbocycles. The molecule has 4 atom stereocenters. The number of Topliss-reactive ketones (excluding diaryl/α,β-unsaturated/α-hetero) is 1. The Labute approximate surface area is 154 Å². The number of carbonyl (C=O) groups excluding carboxylic acids is 2. The normalized spacial score (nSPS) is 25.2. The van der Waals surface area contributed by atoms with Crippen molar-refractivity contribution >= 4 is 22.6 Å². The van der Waals surface area contributed by atoms with E-state index in [0.29, 0.717) is 11.5 Å². The maximum Gasteiger partial charge on any atom is 0.224 e. The predicted octanol–water partition coefficient (Wildman–Crippen LogP) is 3.70. The average molecular weight is 348 g/mol. The van der Waals surface area contributed by atoms with E-state index in [1.54, 1.807) is 17.2 Å². The Hall–Kier alpha value is -2.67. The fraction of sp³-hybridized carbons (Fsp3) is 0.409. The molecule has 0 bridgehead atoms. The highest BCUT2D eigenvalue weighted by Gasteiger charge is 2.43. The Balaban J connectivity index is 1.73. The zero-order valence-corrected chi connectivity index (χ0v) is 15.5. The predicted molar refractivity (Wildman–Crippen MR) is 103 cm³/mol. The van der Waals surface area contributed by atoms with E-state index in [1.807, 2.05) is 31.2 Å². The number of terminal acetylenes is 1. The fourth-order valence-corrected chi connectivity index (χ4v) is 3.92. The van der Waals surface area contributed by atoms with Crippen LogP contribution in [0.15, 0.2) is 36.5 Å². The van der Waals surface area contributed by atoms with Gasteiger partial charge in [0.15, 0.2) is 5.78 Å². The maximum atomic E-state index is 12.8. The fourth-order valence-electron chi connectivity index (χ4n) is 3.92. The van der Waals surface area contributed by atoms with Crippen molar-refractivity contribution in [2.45, 2.75) is 45.7 Å². The topological polar surface area (TPSA) is 50.3 Å². The largest absolute Gasteiger partial charge is 0.326 e. The number of likely N-dealkylation sites (tertiary alicyclic amines) is 1. The number of para-hydroxylation sites is 1. The van der Waals surface area contributed by atoms with Crippen LogP contribution in [0.4, 0.5) is 0 Å². The van der Waals surface area contributed by atoms with Crippen molar-refractivity contribution < 1.29 is 9.59 Å². The molecule has 1 aliphatic rings. The first-order valence-corrected chi connectivity index (χ1v) is 9.10. The molecule has 2 heterocycles. The Kier molecular flexibility index (Phi) is 5.08. The van der Waals surface area contributed by atoms with Gasteiger partial charge in [-0.2, -0.15) is 0 Å². The molecule has 1 fully saturated rings. The number of aromatic nitrogens is 1. The summed E-state index contributed by atoms with van der Waals surface area (Å²) in [4.78, 5) is 31.6. The minimum absolute atomic E-state index is 0.0386. The van der Waals surface area contributed by atoms with Crippen LogP contribution in [0.1, 0.15) is 44.0 Å². The highest BCUT2D eigenvalue weighted by molar-refractivity contribution is 6.07. The van der Waals surface area contributed by atoms with Gasteiger partial charge in [-0.25, -0.2) is 0 Å². The number of carbonyl (C=O) groups is 2. The van der Waals surface area contributed by atoms with E-state index in [4.69, 9.17) is 6.42 Å². The standard InChI is InChI=1S/C22H24N2O2/c1-5-20-15(3)14(2)16(4)24(20)22(26)11-10-21(25)18-12-13-23-19-9-7-6-8-17(18)19/h1,6-9,12-16,20H,10-11H2,2-4H3. The molecule has 1 aromatic carbocycles. The highest BCUT2D eigenvalue weighted by atomic mass is 16.2. The van der Waals surface area contributed by atoms with Gasteiger partial charge in [0.2, 0.25) is 5.91 Å². The summed E-state index contributed by atoms with van der Waals surface area (Å²) in [6.45, 7) is 6.25. The number of nitrogens with zero attached hydrogens (tertiary/aromatic N) is 2. The number of benzene rings is 1. The van der Waals surface area contributed by atoms with Crippen LogP contribution in [0.5, 0.6) is 0 Å². The number of rotatable bonds is 4. The van der Waals surface area contributed by atoms with Gasteiger partial charge in [0.1, 0.15) is 0 Å². The lowest BCUT2D eigenvalue weighted by atomic mass is 9.91. The van der Waals surface area contributed by atoms with Crippen LogP contribution in [0.25, 0.3) is 10.9 Å². The summed E-state index contributed by atoms with van der Waals surface area (Å²) in [5.41, 5.74) is 1.40. The summed E-state index contributed by atoms with van der Waals surface area (Å²) >= 11 is 0. The number of hydrogen-bond acceptors (Lipinski definition) is 3. The second-order valence-corrected chi connectivity index (χ2v) is 7.17. The van der Waals surface area contributed by atoms with E-state index in [0.717, 1.165) is 10.9 Å². The van der Waals surface area contributed by atoms with Crippen LogP contribution in [-0.4, -0.2) is 33.7 Å². The SMILES string of the molecule is C#CC1C(C)C(C)C(C)N1C(=O)CCC(=O)c1ccnc2ccccc12. The van der Waals surface area contributed by atoms with Gasteiger partial charge in [-0.05, 0) is 30.9 Å². The van der Waals surface area contributed by atoms with Gasteiger partial charge >= 0.3 is 0 Å². The zero-order valence-electron chi connectivity index (χ0n) is 15.5. The number of hydrogen-bond donors (Lipinski definition) is 0. The number of pyridine rings is 1. The van der Waals surface area contributed by atoms with Gasteiger partial charge in [0.25, 0.3) is 0 Å². The summed E-state index contributed by atoms with van der Waals surface area (Å²) in [5.74, 6) is 3.29. The molecular formula is C22H24N2O2. The van der Waals surface area contributed by atoms with Crippen molar-refractivity contribution in [3.05, 3.63) is 42.1 Å². The first kappa shape index (κ1) is 18.1. The summed E-state index contributed by atoms with van der Waals surface area (Å²) in [7, 11) is 0. The molecule has 4 heteroatoms. The molecule has 134 valence electrons. The van der Waals surface area contributed by atoms with Crippen LogP contribution in [-0.2, 0) is 4.79 Å². The second-order valence-electron chi connectivity index (χ2n) is 7.17. The van der Waals surface area contributed by atoms with Gasteiger partial charge in [-0.1, -0.05) is 38.0 Å². The Morgan fingerprint density at radius 2 is 1.85 bits per heavy atom.